The SMILES string of the molecule is Cc1ccc(S(=O)(=O)n2ccc3c(NCC(F)(F)F)nc(Nc4ccc(-c5cnco5)cc4)nc32)cc1. The number of anilines is 3. The molecule has 2 aromatic carbocycles. The maximum atomic E-state index is 13.3. The molecule has 13 heteroatoms. The molecule has 0 saturated heterocycles. The Labute approximate surface area is 209 Å². The third kappa shape index (κ3) is 5.11. The number of hydrogen-bond donors (Lipinski definition) is 2. The van der Waals surface area contributed by atoms with Gasteiger partial charge in [0.2, 0.25) is 5.95 Å². The van der Waals surface area contributed by atoms with Crippen LogP contribution in [-0.2, 0) is 10.0 Å². The van der Waals surface area contributed by atoms with E-state index in [0.717, 1.165) is 15.1 Å². The molecule has 190 valence electrons. The molecule has 0 spiro atoms. The lowest BCUT2D eigenvalue weighted by Gasteiger charge is -2.13. The minimum absolute atomic E-state index is 0.0107. The van der Waals surface area contributed by atoms with Crippen molar-refractivity contribution >= 4 is 38.5 Å². The van der Waals surface area contributed by atoms with Gasteiger partial charge in [-0.15, -0.1) is 0 Å². The number of oxazole rings is 1. The Morgan fingerprint density at radius 1 is 1.00 bits per heavy atom. The summed E-state index contributed by atoms with van der Waals surface area (Å²) >= 11 is 0. The van der Waals surface area contributed by atoms with Gasteiger partial charge in [-0.05, 0) is 49.4 Å². The summed E-state index contributed by atoms with van der Waals surface area (Å²) in [5.74, 6) is 0.298. The molecule has 0 fully saturated rings. The van der Waals surface area contributed by atoms with Gasteiger partial charge in [0, 0.05) is 17.4 Å². The molecule has 3 aromatic heterocycles. The first-order valence-corrected chi connectivity index (χ1v) is 12.3. The standard InChI is InChI=1S/C24H19F3N6O3S/c1-15-2-8-18(9-3-15)37(34,35)33-11-10-19-21(29-13-24(25,26)27)31-23(32-22(19)33)30-17-6-4-16(5-7-17)20-12-28-14-36-20/h2-12,14H,13H2,1H3,(H2,29,30,31,32). The van der Waals surface area contributed by atoms with E-state index in [1.54, 1.807) is 42.6 Å². The van der Waals surface area contributed by atoms with Gasteiger partial charge in [-0.2, -0.15) is 23.1 Å². The van der Waals surface area contributed by atoms with Gasteiger partial charge < -0.3 is 15.1 Å². The van der Waals surface area contributed by atoms with Crippen molar-refractivity contribution in [1.29, 1.82) is 0 Å². The van der Waals surface area contributed by atoms with Crippen molar-refractivity contribution in [2.45, 2.75) is 18.0 Å². The molecular weight excluding hydrogens is 509 g/mol. The Bertz CT molecular complexity index is 1650. The molecular formula is C24H19F3N6O3S. The Morgan fingerprint density at radius 3 is 2.38 bits per heavy atom. The minimum atomic E-state index is -4.52. The minimum Gasteiger partial charge on any atom is -0.444 e. The third-order valence-corrected chi connectivity index (χ3v) is 7.08. The lowest BCUT2D eigenvalue weighted by molar-refractivity contribution is -0.115. The molecule has 0 radical (unpaired) electrons. The molecule has 0 aliphatic rings. The first-order valence-electron chi connectivity index (χ1n) is 10.9. The van der Waals surface area contributed by atoms with Crippen LogP contribution in [0.2, 0.25) is 0 Å². The Balaban J connectivity index is 1.56. The van der Waals surface area contributed by atoms with E-state index in [2.05, 4.69) is 25.6 Å². The zero-order chi connectivity index (χ0) is 26.2. The number of hydrogen-bond acceptors (Lipinski definition) is 8. The summed E-state index contributed by atoms with van der Waals surface area (Å²) in [6, 6.07) is 14.4. The molecule has 3 heterocycles. The quantitative estimate of drug-likeness (QED) is 0.291. The summed E-state index contributed by atoms with van der Waals surface area (Å²) < 4.78 is 71.7. The van der Waals surface area contributed by atoms with Gasteiger partial charge in [-0.1, -0.05) is 17.7 Å². The van der Waals surface area contributed by atoms with Crippen molar-refractivity contribution < 1.29 is 26.0 Å². The summed E-state index contributed by atoms with van der Waals surface area (Å²) in [7, 11) is -4.09. The smallest absolute Gasteiger partial charge is 0.405 e. The van der Waals surface area contributed by atoms with E-state index < -0.39 is 22.7 Å². The van der Waals surface area contributed by atoms with Gasteiger partial charge in [-0.25, -0.2) is 17.4 Å². The van der Waals surface area contributed by atoms with Crippen molar-refractivity contribution in [3.63, 3.8) is 0 Å². The first kappa shape index (κ1) is 24.3. The van der Waals surface area contributed by atoms with Crippen LogP contribution in [0, 0.1) is 6.92 Å². The molecule has 0 amide bonds. The molecule has 9 nitrogen and oxygen atoms in total. The number of rotatable bonds is 7. The molecule has 5 aromatic rings. The van der Waals surface area contributed by atoms with Gasteiger partial charge in [0.25, 0.3) is 10.0 Å². The largest absolute Gasteiger partial charge is 0.444 e. The summed E-state index contributed by atoms with van der Waals surface area (Å²) in [4.78, 5) is 12.4. The van der Waals surface area contributed by atoms with Gasteiger partial charge >= 0.3 is 6.18 Å². The monoisotopic (exact) mass is 528 g/mol. The van der Waals surface area contributed by atoms with Crippen LogP contribution in [0.3, 0.4) is 0 Å². The average Bonchev–Trinajstić information content (AvgIpc) is 3.54. The van der Waals surface area contributed by atoms with E-state index in [1.807, 2.05) is 6.92 Å². The predicted molar refractivity (Wildman–Crippen MR) is 131 cm³/mol. The number of nitrogens with one attached hydrogen (secondary N) is 2. The van der Waals surface area contributed by atoms with Crippen molar-refractivity contribution in [3.05, 3.63) is 78.9 Å². The van der Waals surface area contributed by atoms with Crippen molar-refractivity contribution in [2.24, 2.45) is 0 Å². The normalized spacial score (nSPS) is 12.1. The number of fused-ring (bicyclic) bond motifs is 1. The Kier molecular flexibility index (Phi) is 6.07. The van der Waals surface area contributed by atoms with Crippen molar-refractivity contribution in [3.8, 4) is 11.3 Å². The molecule has 0 aliphatic heterocycles. The van der Waals surface area contributed by atoms with Crippen LogP contribution in [0.4, 0.5) is 30.6 Å². The molecule has 0 saturated carbocycles. The number of aromatic nitrogens is 4. The first-order chi connectivity index (χ1) is 17.6. The lowest BCUT2D eigenvalue weighted by atomic mass is 10.2. The molecule has 0 atom stereocenters. The molecule has 5 rings (SSSR count). The van der Waals surface area contributed by atoms with Crippen LogP contribution in [0.25, 0.3) is 22.4 Å². The van der Waals surface area contributed by atoms with Gasteiger partial charge in [0.05, 0.1) is 16.5 Å². The summed E-state index contributed by atoms with van der Waals surface area (Å²) in [5, 5.41) is 5.29. The zero-order valence-corrected chi connectivity index (χ0v) is 20.0. The van der Waals surface area contributed by atoms with Crippen molar-refractivity contribution in [1.82, 2.24) is 18.9 Å². The highest BCUT2D eigenvalue weighted by Gasteiger charge is 2.28. The van der Waals surface area contributed by atoms with Crippen LogP contribution < -0.4 is 10.6 Å². The van der Waals surface area contributed by atoms with E-state index in [0.29, 0.717) is 11.4 Å². The second-order valence-electron chi connectivity index (χ2n) is 8.10. The van der Waals surface area contributed by atoms with E-state index in [-0.39, 0.29) is 27.7 Å². The second-order valence-corrected chi connectivity index (χ2v) is 9.91. The fourth-order valence-corrected chi connectivity index (χ4v) is 4.88. The molecule has 0 unspecified atom stereocenters. The molecule has 0 bridgehead atoms. The molecule has 0 aliphatic carbocycles. The zero-order valence-electron chi connectivity index (χ0n) is 19.2. The van der Waals surface area contributed by atoms with E-state index >= 15 is 0 Å². The summed E-state index contributed by atoms with van der Waals surface area (Å²) in [6.45, 7) is 0.462. The molecule has 37 heavy (non-hydrogen) atoms. The number of nitrogens with zero attached hydrogens (tertiary/aromatic N) is 4. The maximum absolute atomic E-state index is 13.3. The van der Waals surface area contributed by atoms with E-state index in [4.69, 9.17) is 4.42 Å². The predicted octanol–water partition coefficient (Wildman–Crippen LogP) is 5.35. The van der Waals surface area contributed by atoms with Crippen LogP contribution in [0.5, 0.6) is 0 Å². The Hall–Kier alpha value is -4.39. The second kappa shape index (κ2) is 9.24. The summed E-state index contributed by atoms with van der Waals surface area (Å²) in [5.41, 5.74) is 2.06. The van der Waals surface area contributed by atoms with E-state index in [9.17, 15) is 21.6 Å². The number of aryl methyl sites for hydroxylation is 1. The Morgan fingerprint density at radius 2 is 1.73 bits per heavy atom. The van der Waals surface area contributed by atoms with Gasteiger partial charge in [0.1, 0.15) is 12.4 Å². The highest BCUT2D eigenvalue weighted by atomic mass is 32.2. The number of alkyl halides is 3. The third-order valence-electron chi connectivity index (χ3n) is 5.40. The average molecular weight is 529 g/mol. The van der Waals surface area contributed by atoms with Crippen LogP contribution in [-0.4, -0.2) is 40.1 Å². The van der Waals surface area contributed by atoms with Gasteiger partial charge in [-0.3, -0.25) is 0 Å². The fourth-order valence-electron chi connectivity index (χ4n) is 3.59. The van der Waals surface area contributed by atoms with E-state index in [1.165, 1.54) is 30.8 Å². The highest BCUT2D eigenvalue weighted by molar-refractivity contribution is 7.90. The number of halogens is 3. The molecule has 2 N–H and O–H groups in total. The maximum Gasteiger partial charge on any atom is 0.405 e. The van der Waals surface area contributed by atoms with Crippen LogP contribution >= 0.6 is 0 Å². The van der Waals surface area contributed by atoms with Crippen LogP contribution in [0.1, 0.15) is 5.56 Å². The highest BCUT2D eigenvalue weighted by Crippen LogP contribution is 2.29. The number of benzene rings is 2. The summed E-state index contributed by atoms with van der Waals surface area (Å²) in [6.07, 6.45) is -0.415. The van der Waals surface area contributed by atoms with Gasteiger partial charge in [0.15, 0.2) is 17.8 Å². The van der Waals surface area contributed by atoms with Crippen molar-refractivity contribution in [2.75, 3.05) is 17.2 Å². The van der Waals surface area contributed by atoms with Crippen LogP contribution in [0.15, 0.2) is 82.7 Å². The fraction of sp³-hybridized carbons (Fsp3) is 0.125. The lowest BCUT2D eigenvalue weighted by Crippen LogP contribution is -2.22. The topological polar surface area (TPSA) is 115 Å².